The van der Waals surface area contributed by atoms with E-state index in [9.17, 15) is 9.00 Å². The number of pyridine rings is 1. The summed E-state index contributed by atoms with van der Waals surface area (Å²) in [5, 5.41) is 1.03. The van der Waals surface area contributed by atoms with Crippen molar-refractivity contribution in [2.75, 3.05) is 19.3 Å². The number of hydrogen-bond donors (Lipinski definition) is 0. The smallest absolute Gasteiger partial charge is 0.410 e. The SMILES string of the molecule is CS(=O)c1ccc2c(ccn2-c2cc(COC3CCN(C(=O)OC(C)(C)C)CC3)ccn2)c1. The summed E-state index contributed by atoms with van der Waals surface area (Å²) < 4.78 is 25.4. The molecule has 7 nitrogen and oxygen atoms in total. The topological polar surface area (TPSA) is 73.7 Å². The molecule has 0 bridgehead atoms. The van der Waals surface area contributed by atoms with Crippen LogP contribution in [-0.4, -0.2) is 55.8 Å². The molecule has 0 N–H and O–H groups in total. The van der Waals surface area contributed by atoms with Crippen molar-refractivity contribution in [3.05, 3.63) is 54.4 Å². The van der Waals surface area contributed by atoms with Crippen LogP contribution < -0.4 is 0 Å². The number of ether oxygens (including phenoxy) is 2. The number of aromatic nitrogens is 2. The molecular formula is C25H31N3O4S. The lowest BCUT2D eigenvalue weighted by atomic mass is 10.1. The number of amides is 1. The predicted molar refractivity (Wildman–Crippen MR) is 129 cm³/mol. The molecule has 1 aromatic carbocycles. The molecule has 2 aromatic heterocycles. The Hall–Kier alpha value is -2.71. The van der Waals surface area contributed by atoms with Crippen LogP contribution in [-0.2, 0) is 26.9 Å². The molecule has 0 radical (unpaired) electrons. The highest BCUT2D eigenvalue weighted by atomic mass is 32.2. The first-order valence-electron chi connectivity index (χ1n) is 11.2. The molecule has 4 rings (SSSR count). The Morgan fingerprint density at radius 2 is 1.91 bits per heavy atom. The van der Waals surface area contributed by atoms with Gasteiger partial charge in [-0.2, -0.15) is 0 Å². The number of likely N-dealkylation sites (tertiary alicyclic amines) is 1. The molecular weight excluding hydrogens is 438 g/mol. The molecule has 3 aromatic rings. The van der Waals surface area contributed by atoms with E-state index >= 15 is 0 Å². The second-order valence-corrected chi connectivity index (χ2v) is 10.7. The minimum Gasteiger partial charge on any atom is -0.444 e. The fraction of sp³-hybridized carbons (Fsp3) is 0.440. The largest absolute Gasteiger partial charge is 0.444 e. The Morgan fingerprint density at radius 1 is 1.15 bits per heavy atom. The quantitative estimate of drug-likeness (QED) is 0.543. The molecule has 1 aliphatic heterocycles. The van der Waals surface area contributed by atoms with Gasteiger partial charge in [-0.15, -0.1) is 0 Å². The van der Waals surface area contributed by atoms with Gasteiger partial charge in [-0.3, -0.25) is 4.21 Å². The van der Waals surface area contributed by atoms with Crippen molar-refractivity contribution in [1.29, 1.82) is 0 Å². The highest BCUT2D eigenvalue weighted by Crippen LogP contribution is 2.23. The van der Waals surface area contributed by atoms with Gasteiger partial charge in [-0.1, -0.05) is 0 Å². The van der Waals surface area contributed by atoms with Crippen molar-refractivity contribution in [1.82, 2.24) is 14.5 Å². The van der Waals surface area contributed by atoms with Crippen molar-refractivity contribution in [3.8, 4) is 5.82 Å². The lowest BCUT2D eigenvalue weighted by molar-refractivity contribution is -0.0170. The van der Waals surface area contributed by atoms with Crippen LogP contribution >= 0.6 is 0 Å². The van der Waals surface area contributed by atoms with Crippen LogP contribution in [0.3, 0.4) is 0 Å². The number of benzene rings is 1. The maximum Gasteiger partial charge on any atom is 0.410 e. The first kappa shape index (κ1) is 23.4. The van der Waals surface area contributed by atoms with E-state index in [4.69, 9.17) is 9.47 Å². The first-order valence-corrected chi connectivity index (χ1v) is 12.7. The molecule has 1 saturated heterocycles. The van der Waals surface area contributed by atoms with E-state index in [1.807, 2.05) is 67.9 Å². The van der Waals surface area contributed by atoms with Crippen LogP contribution in [0.5, 0.6) is 0 Å². The number of carbonyl (C=O) groups is 1. The lowest BCUT2D eigenvalue weighted by Gasteiger charge is -2.33. The molecule has 33 heavy (non-hydrogen) atoms. The number of carbonyl (C=O) groups excluding carboxylic acids is 1. The Labute approximate surface area is 197 Å². The van der Waals surface area contributed by atoms with Gasteiger partial charge in [-0.05, 0) is 75.6 Å². The summed E-state index contributed by atoms with van der Waals surface area (Å²) >= 11 is 0. The summed E-state index contributed by atoms with van der Waals surface area (Å²) in [6, 6.07) is 11.8. The molecule has 1 unspecified atom stereocenters. The normalized spacial score (nSPS) is 16.2. The third kappa shape index (κ3) is 5.81. The highest BCUT2D eigenvalue weighted by Gasteiger charge is 2.27. The summed E-state index contributed by atoms with van der Waals surface area (Å²) in [4.78, 5) is 19.3. The Morgan fingerprint density at radius 3 is 2.61 bits per heavy atom. The molecule has 0 saturated carbocycles. The second-order valence-electron chi connectivity index (χ2n) is 9.36. The van der Waals surface area contributed by atoms with Crippen molar-refractivity contribution in [3.63, 3.8) is 0 Å². The zero-order chi connectivity index (χ0) is 23.6. The highest BCUT2D eigenvalue weighted by molar-refractivity contribution is 7.84. The van der Waals surface area contributed by atoms with Crippen LogP contribution in [0.2, 0.25) is 0 Å². The fourth-order valence-electron chi connectivity index (χ4n) is 3.93. The van der Waals surface area contributed by atoms with Crippen molar-refractivity contribution >= 4 is 27.8 Å². The second kappa shape index (κ2) is 9.65. The molecule has 3 heterocycles. The van der Waals surface area contributed by atoms with Gasteiger partial charge in [0.2, 0.25) is 0 Å². The monoisotopic (exact) mass is 469 g/mol. The summed E-state index contributed by atoms with van der Waals surface area (Å²) in [5.74, 6) is 0.816. The molecule has 176 valence electrons. The number of piperidine rings is 1. The standard InChI is InChI=1S/C25H31N3O4S/c1-25(2,3)32-24(29)27-12-9-20(10-13-27)31-17-18-7-11-26-23(15-18)28-14-8-19-16-21(33(4)30)5-6-22(19)28/h5-8,11,14-16,20H,9-10,12-13,17H2,1-4H3. The molecule has 1 fully saturated rings. The lowest BCUT2D eigenvalue weighted by Crippen LogP contribution is -2.43. The van der Waals surface area contributed by atoms with Crippen LogP contribution in [0.25, 0.3) is 16.7 Å². The predicted octanol–water partition coefficient (Wildman–Crippen LogP) is 4.68. The van der Waals surface area contributed by atoms with Gasteiger partial charge >= 0.3 is 6.09 Å². The average Bonchev–Trinajstić information content (AvgIpc) is 3.20. The number of fused-ring (bicyclic) bond motifs is 1. The minimum absolute atomic E-state index is 0.112. The van der Waals surface area contributed by atoms with Crippen LogP contribution in [0, 0.1) is 0 Å². The van der Waals surface area contributed by atoms with E-state index < -0.39 is 16.4 Å². The molecule has 1 aliphatic rings. The third-order valence-electron chi connectivity index (χ3n) is 5.63. The molecule has 0 aliphatic carbocycles. The minimum atomic E-state index is -1.01. The van der Waals surface area contributed by atoms with Crippen LogP contribution in [0.4, 0.5) is 4.79 Å². The van der Waals surface area contributed by atoms with E-state index in [0.717, 1.165) is 40.0 Å². The Kier molecular flexibility index (Phi) is 6.86. The first-order chi connectivity index (χ1) is 15.7. The van der Waals surface area contributed by atoms with E-state index in [2.05, 4.69) is 4.98 Å². The van der Waals surface area contributed by atoms with Gasteiger partial charge in [0.1, 0.15) is 11.4 Å². The number of rotatable bonds is 5. The van der Waals surface area contributed by atoms with Gasteiger partial charge in [-0.25, -0.2) is 9.78 Å². The summed E-state index contributed by atoms with van der Waals surface area (Å²) in [5.41, 5.74) is 1.58. The Balaban J connectivity index is 1.36. The fourth-order valence-corrected chi connectivity index (χ4v) is 4.48. The zero-order valence-corrected chi connectivity index (χ0v) is 20.4. The van der Waals surface area contributed by atoms with Crippen LogP contribution in [0.15, 0.2) is 53.7 Å². The van der Waals surface area contributed by atoms with Gasteiger partial charge in [0.15, 0.2) is 0 Å². The Bertz CT molecular complexity index is 1160. The van der Waals surface area contributed by atoms with Crippen LogP contribution in [0.1, 0.15) is 39.2 Å². The summed E-state index contributed by atoms with van der Waals surface area (Å²) in [7, 11) is -1.01. The average molecular weight is 470 g/mol. The van der Waals surface area contributed by atoms with Crippen molar-refractivity contribution in [2.45, 2.75) is 56.8 Å². The maximum absolute atomic E-state index is 12.2. The zero-order valence-electron chi connectivity index (χ0n) is 19.6. The molecule has 8 heteroatoms. The maximum atomic E-state index is 12.2. The van der Waals surface area contributed by atoms with E-state index in [-0.39, 0.29) is 12.2 Å². The molecule has 1 amide bonds. The van der Waals surface area contributed by atoms with Gasteiger partial charge in [0, 0.05) is 52.8 Å². The molecule has 0 spiro atoms. The van der Waals surface area contributed by atoms with E-state index in [1.54, 1.807) is 17.4 Å². The summed E-state index contributed by atoms with van der Waals surface area (Å²) in [6.45, 7) is 7.41. The van der Waals surface area contributed by atoms with Crippen molar-refractivity contribution < 1.29 is 18.5 Å². The molecule has 1 atom stereocenters. The number of nitrogens with zero attached hydrogens (tertiary/aromatic N) is 3. The van der Waals surface area contributed by atoms with Gasteiger partial charge in [0.05, 0.1) is 18.2 Å². The number of hydrogen-bond acceptors (Lipinski definition) is 5. The van der Waals surface area contributed by atoms with E-state index in [0.29, 0.717) is 19.7 Å². The van der Waals surface area contributed by atoms with Gasteiger partial charge < -0.3 is 18.9 Å². The van der Waals surface area contributed by atoms with Crippen molar-refractivity contribution in [2.24, 2.45) is 0 Å². The van der Waals surface area contributed by atoms with Gasteiger partial charge in [0.25, 0.3) is 0 Å². The third-order valence-corrected chi connectivity index (χ3v) is 6.55. The van der Waals surface area contributed by atoms with E-state index in [1.165, 1.54) is 0 Å². The summed E-state index contributed by atoms with van der Waals surface area (Å²) in [6.07, 6.45) is 6.90.